The van der Waals surface area contributed by atoms with Gasteiger partial charge >= 0.3 is 0 Å². The second kappa shape index (κ2) is 4.21. The van der Waals surface area contributed by atoms with Crippen LogP contribution in [0.4, 0.5) is 0 Å². The minimum atomic E-state index is 0. The minimum Gasteiger partial charge on any atom is -1.00 e. The van der Waals surface area contributed by atoms with Gasteiger partial charge in [-0.2, -0.15) is 0 Å². The van der Waals surface area contributed by atoms with Crippen LogP contribution < -0.4 is 17.0 Å². The third kappa shape index (κ3) is 2.41. The number of nitrogens with zero attached hydrogens (tertiary/aromatic N) is 2. The van der Waals surface area contributed by atoms with Crippen LogP contribution in [-0.2, 0) is 0 Å². The van der Waals surface area contributed by atoms with E-state index in [9.17, 15) is 0 Å². The first-order valence-corrected chi connectivity index (χ1v) is 3.84. The maximum Gasteiger partial charge on any atom is 0.0914 e. The Labute approximate surface area is 89.7 Å². The summed E-state index contributed by atoms with van der Waals surface area (Å²) in [5.41, 5.74) is 0. The van der Waals surface area contributed by atoms with Crippen molar-refractivity contribution in [2.24, 2.45) is 0 Å². The van der Waals surface area contributed by atoms with E-state index < -0.39 is 0 Å². The summed E-state index contributed by atoms with van der Waals surface area (Å²) in [6.45, 7) is 8.20. The molecule has 0 spiro atoms. The zero-order chi connectivity index (χ0) is 6.32. The second-order valence-electron chi connectivity index (χ2n) is 3.63. The van der Waals surface area contributed by atoms with E-state index >= 15 is 0 Å². The van der Waals surface area contributed by atoms with Crippen LogP contribution in [0.5, 0.6) is 0 Å². The predicted molar refractivity (Wildman–Crippen MR) is 47.5 cm³/mol. The lowest BCUT2D eigenvalue weighted by Crippen LogP contribution is -3.00. The van der Waals surface area contributed by atoms with Crippen molar-refractivity contribution < 1.29 is 21.5 Å². The van der Waals surface area contributed by atoms with Gasteiger partial charge in [0.2, 0.25) is 0 Å². The summed E-state index contributed by atoms with van der Waals surface area (Å²) in [5, 5.41) is 0. The highest BCUT2D eigenvalue weighted by molar-refractivity contribution is 8.93. The fraction of sp³-hybridized carbons (Fsp3) is 1.00. The Kier molecular flexibility index (Phi) is 4.55. The molecule has 0 aromatic rings. The first-order valence-electron chi connectivity index (χ1n) is 3.84. The maximum atomic E-state index is 2.57. The van der Waals surface area contributed by atoms with Crippen LogP contribution >= 0.6 is 17.0 Å². The van der Waals surface area contributed by atoms with Gasteiger partial charge in [0.1, 0.15) is 0 Å². The molecule has 0 saturated carbocycles. The Morgan fingerprint density at radius 2 is 1.36 bits per heavy atom. The molecule has 0 aromatic carbocycles. The molecule has 0 atom stereocenters. The first-order chi connectivity index (χ1) is 4.29. The van der Waals surface area contributed by atoms with Crippen LogP contribution in [0.2, 0.25) is 0 Å². The molecule has 3 heterocycles. The SMILES string of the molecule is Br.C[N+]12CCN(CC1)CC2.[Br-]. The van der Waals surface area contributed by atoms with E-state index in [-0.39, 0.29) is 34.0 Å². The maximum absolute atomic E-state index is 2.57. The Morgan fingerprint density at radius 3 is 1.55 bits per heavy atom. The summed E-state index contributed by atoms with van der Waals surface area (Å²) in [4.78, 5) is 2.57. The van der Waals surface area contributed by atoms with Gasteiger partial charge < -0.3 is 21.5 Å². The quantitative estimate of drug-likeness (QED) is 0.440. The lowest BCUT2D eigenvalue weighted by Gasteiger charge is -2.48. The third-order valence-corrected chi connectivity index (χ3v) is 2.87. The van der Waals surface area contributed by atoms with Crippen LogP contribution in [0.15, 0.2) is 0 Å². The smallest absolute Gasteiger partial charge is 0.0914 e. The number of likely N-dealkylation sites (N-methyl/N-ethyl adjacent to an activating group) is 1. The minimum absolute atomic E-state index is 0. The standard InChI is InChI=1S/C7H15N2.2BrH/c1-9-5-2-8(3-6-9)4-7-9;;/h2-7H2,1H3;2*1H/q+1;;/p-1. The summed E-state index contributed by atoms with van der Waals surface area (Å²) in [6.07, 6.45) is 0. The molecule has 3 rings (SSSR count). The summed E-state index contributed by atoms with van der Waals surface area (Å²) in [5.74, 6) is 0. The molecule has 0 N–H and O–H groups in total. The van der Waals surface area contributed by atoms with Crippen molar-refractivity contribution in [2.45, 2.75) is 0 Å². The highest BCUT2D eigenvalue weighted by Crippen LogP contribution is 2.15. The van der Waals surface area contributed by atoms with Gasteiger partial charge in [-0.3, -0.25) is 4.90 Å². The van der Waals surface area contributed by atoms with Crippen LogP contribution in [-0.4, -0.2) is 55.7 Å². The molecule has 3 aliphatic rings. The van der Waals surface area contributed by atoms with Crippen molar-refractivity contribution in [2.75, 3.05) is 46.3 Å². The van der Waals surface area contributed by atoms with Crippen molar-refractivity contribution in [3.8, 4) is 0 Å². The molecule has 2 nitrogen and oxygen atoms in total. The molecule has 0 unspecified atom stereocenters. The lowest BCUT2D eigenvalue weighted by molar-refractivity contribution is -0.922. The van der Waals surface area contributed by atoms with Gasteiger partial charge in [0, 0.05) is 19.6 Å². The fourth-order valence-corrected chi connectivity index (χ4v) is 1.82. The Hall–Kier alpha value is 0.880. The number of hydrogen-bond donors (Lipinski definition) is 0. The van der Waals surface area contributed by atoms with E-state index in [4.69, 9.17) is 0 Å². The van der Waals surface area contributed by atoms with Gasteiger partial charge in [0.15, 0.2) is 0 Å². The van der Waals surface area contributed by atoms with Crippen LogP contribution in [0.1, 0.15) is 0 Å². The van der Waals surface area contributed by atoms with Gasteiger partial charge in [0.25, 0.3) is 0 Å². The van der Waals surface area contributed by atoms with E-state index in [1.165, 1.54) is 43.8 Å². The molecule has 4 heteroatoms. The van der Waals surface area contributed by atoms with Crippen molar-refractivity contribution in [3.63, 3.8) is 0 Å². The monoisotopic (exact) mass is 286 g/mol. The highest BCUT2D eigenvalue weighted by atomic mass is 79.9. The molecule has 2 bridgehead atoms. The average Bonchev–Trinajstić information content (AvgIpc) is 1.90. The largest absolute Gasteiger partial charge is 1.00 e. The topological polar surface area (TPSA) is 3.24 Å². The molecule has 11 heavy (non-hydrogen) atoms. The fourth-order valence-electron chi connectivity index (χ4n) is 1.82. The number of halogens is 2. The molecule has 0 radical (unpaired) electrons. The number of rotatable bonds is 0. The molecule has 0 aliphatic carbocycles. The van der Waals surface area contributed by atoms with E-state index in [0.717, 1.165) is 0 Å². The van der Waals surface area contributed by atoms with Gasteiger partial charge in [-0.15, -0.1) is 17.0 Å². The second-order valence-corrected chi connectivity index (χ2v) is 3.63. The van der Waals surface area contributed by atoms with Crippen molar-refractivity contribution >= 4 is 17.0 Å². The Bertz CT molecular complexity index is 108. The van der Waals surface area contributed by atoms with Crippen molar-refractivity contribution in [1.82, 2.24) is 4.90 Å². The molecule has 68 valence electrons. The number of piperazine rings is 3. The average molecular weight is 288 g/mol. The normalized spacial score (nSPS) is 40.6. The van der Waals surface area contributed by atoms with E-state index in [1.807, 2.05) is 0 Å². The summed E-state index contributed by atoms with van der Waals surface area (Å²) < 4.78 is 1.34. The van der Waals surface area contributed by atoms with Crippen molar-refractivity contribution in [3.05, 3.63) is 0 Å². The number of quaternary nitrogens is 1. The van der Waals surface area contributed by atoms with Crippen molar-refractivity contribution in [1.29, 1.82) is 0 Å². The highest BCUT2D eigenvalue weighted by Gasteiger charge is 2.34. The lowest BCUT2D eigenvalue weighted by atomic mass is 10.2. The summed E-state index contributed by atoms with van der Waals surface area (Å²) >= 11 is 0. The van der Waals surface area contributed by atoms with Crippen LogP contribution in [0.25, 0.3) is 0 Å². The van der Waals surface area contributed by atoms with Gasteiger partial charge in [0.05, 0.1) is 26.7 Å². The first kappa shape index (κ1) is 11.9. The molecule has 3 saturated heterocycles. The summed E-state index contributed by atoms with van der Waals surface area (Å²) in [7, 11) is 2.39. The molecule has 0 aromatic heterocycles. The molecule has 3 aliphatic heterocycles. The van der Waals surface area contributed by atoms with E-state index in [0.29, 0.717) is 0 Å². The Morgan fingerprint density at radius 1 is 1.00 bits per heavy atom. The van der Waals surface area contributed by atoms with E-state index in [1.54, 1.807) is 0 Å². The van der Waals surface area contributed by atoms with Crippen LogP contribution in [0, 0.1) is 0 Å². The molecule has 3 fully saturated rings. The van der Waals surface area contributed by atoms with Gasteiger partial charge in [-0.1, -0.05) is 0 Å². The molecular formula is C7H16Br2N2. The van der Waals surface area contributed by atoms with Gasteiger partial charge in [-0.25, -0.2) is 0 Å². The van der Waals surface area contributed by atoms with Gasteiger partial charge in [-0.05, 0) is 0 Å². The predicted octanol–water partition coefficient (Wildman–Crippen LogP) is -2.66. The molecule has 0 amide bonds. The zero-order valence-corrected chi connectivity index (χ0v) is 10.2. The Balaban J connectivity index is 0.000000500. The van der Waals surface area contributed by atoms with Crippen LogP contribution in [0.3, 0.4) is 0 Å². The number of fused-ring (bicyclic) bond motifs is 3. The third-order valence-electron chi connectivity index (χ3n) is 2.87. The number of hydrogen-bond acceptors (Lipinski definition) is 1. The summed E-state index contributed by atoms with van der Waals surface area (Å²) in [6, 6.07) is 0. The molecular weight excluding hydrogens is 272 g/mol. The van der Waals surface area contributed by atoms with E-state index in [2.05, 4.69) is 11.9 Å². The zero-order valence-electron chi connectivity index (χ0n) is 6.92.